The van der Waals surface area contributed by atoms with Crippen molar-refractivity contribution in [2.75, 3.05) is 7.05 Å². The second kappa shape index (κ2) is 6.22. The van der Waals surface area contributed by atoms with Crippen LogP contribution >= 0.6 is 24.0 Å². The summed E-state index contributed by atoms with van der Waals surface area (Å²) < 4.78 is 0.553. The summed E-state index contributed by atoms with van der Waals surface area (Å²) in [5.74, 6) is -0.205. The molecule has 2 amide bonds. The molecule has 0 radical (unpaired) electrons. The molecule has 1 aromatic carbocycles. The highest BCUT2D eigenvalue weighted by Crippen LogP contribution is 2.31. The lowest BCUT2D eigenvalue weighted by Gasteiger charge is -2.20. The van der Waals surface area contributed by atoms with Crippen molar-refractivity contribution >= 4 is 46.2 Å². The number of rotatable bonds is 2. The monoisotopic (exact) mass is 334 g/mol. The van der Waals surface area contributed by atoms with Gasteiger partial charge in [0.15, 0.2) is 0 Å². The van der Waals surface area contributed by atoms with Gasteiger partial charge < -0.3 is 5.32 Å². The molecule has 1 saturated heterocycles. The predicted octanol–water partition coefficient (Wildman–Crippen LogP) is 3.05. The molecule has 1 N–H and O–H groups in total. The lowest BCUT2D eigenvalue weighted by atomic mass is 10.1. The molecular weight excluding hydrogens is 316 g/mol. The first-order valence-electron chi connectivity index (χ1n) is 6.81. The van der Waals surface area contributed by atoms with Crippen molar-refractivity contribution in [3.8, 4) is 0 Å². The van der Waals surface area contributed by atoms with E-state index in [-0.39, 0.29) is 17.4 Å². The minimum absolute atomic E-state index is 0.0930. The molecule has 0 saturated carbocycles. The van der Waals surface area contributed by atoms with Crippen LogP contribution in [0.25, 0.3) is 6.08 Å². The number of hydrogen-bond acceptors (Lipinski definition) is 4. The van der Waals surface area contributed by atoms with Crippen molar-refractivity contribution in [2.24, 2.45) is 0 Å². The van der Waals surface area contributed by atoms with Gasteiger partial charge in [-0.2, -0.15) is 0 Å². The number of benzene rings is 1. The molecular formula is C16H18N2O2S2. The van der Waals surface area contributed by atoms with Crippen molar-refractivity contribution in [3.05, 3.63) is 40.3 Å². The van der Waals surface area contributed by atoms with E-state index in [9.17, 15) is 9.59 Å². The second-order valence-corrected chi connectivity index (χ2v) is 7.74. The van der Waals surface area contributed by atoms with Crippen molar-refractivity contribution in [1.82, 2.24) is 10.2 Å². The summed E-state index contributed by atoms with van der Waals surface area (Å²) in [5, 5.41) is 2.91. The van der Waals surface area contributed by atoms with Crippen molar-refractivity contribution in [2.45, 2.75) is 26.3 Å². The summed E-state index contributed by atoms with van der Waals surface area (Å²) in [4.78, 5) is 26.0. The average Bonchev–Trinajstić information content (AvgIpc) is 2.65. The fourth-order valence-corrected chi connectivity index (χ4v) is 3.02. The third-order valence-electron chi connectivity index (χ3n) is 2.95. The predicted molar refractivity (Wildman–Crippen MR) is 94.6 cm³/mol. The lowest BCUT2D eigenvalue weighted by molar-refractivity contribution is -0.121. The zero-order valence-electron chi connectivity index (χ0n) is 13.0. The Bertz CT molecular complexity index is 658. The maximum Gasteiger partial charge on any atom is 0.265 e. The summed E-state index contributed by atoms with van der Waals surface area (Å²) in [6.07, 6.45) is 1.79. The number of carbonyl (C=O) groups excluding carboxylic acids is 2. The van der Waals surface area contributed by atoms with Crippen LogP contribution in [-0.2, 0) is 4.79 Å². The molecule has 0 aliphatic carbocycles. The van der Waals surface area contributed by atoms with E-state index in [4.69, 9.17) is 12.2 Å². The quantitative estimate of drug-likeness (QED) is 0.667. The number of likely N-dealkylation sites (N-methyl/N-ethyl adjacent to an activating group) is 1. The van der Waals surface area contributed by atoms with Gasteiger partial charge in [-0.1, -0.05) is 36.1 Å². The second-order valence-electron chi connectivity index (χ2n) is 6.07. The molecule has 1 aliphatic heterocycles. The highest BCUT2D eigenvalue weighted by Gasteiger charge is 2.28. The molecule has 0 bridgehead atoms. The number of nitrogens with zero attached hydrogens (tertiary/aromatic N) is 1. The largest absolute Gasteiger partial charge is 0.347 e. The Morgan fingerprint density at radius 3 is 2.32 bits per heavy atom. The van der Waals surface area contributed by atoms with Crippen LogP contribution in [0.3, 0.4) is 0 Å². The van der Waals surface area contributed by atoms with Gasteiger partial charge in [-0.15, -0.1) is 0 Å². The summed E-state index contributed by atoms with van der Waals surface area (Å²) in [6.45, 7) is 5.81. The van der Waals surface area contributed by atoms with Gasteiger partial charge >= 0.3 is 0 Å². The van der Waals surface area contributed by atoms with Gasteiger partial charge in [-0.05, 0) is 44.5 Å². The number of nitrogens with one attached hydrogen (secondary N) is 1. The van der Waals surface area contributed by atoms with E-state index in [1.165, 1.54) is 16.7 Å². The van der Waals surface area contributed by atoms with Crippen LogP contribution in [0.2, 0.25) is 0 Å². The normalized spacial score (nSPS) is 17.3. The standard InChI is InChI=1S/C16H18N2O2S2/c1-16(2,3)17-13(19)11-7-5-10(6-8-11)9-12-14(20)18(4)15(21)22-12/h5-9H,1-4H3,(H,17,19)/b12-9-. The minimum Gasteiger partial charge on any atom is -0.347 e. The van der Waals surface area contributed by atoms with Gasteiger partial charge in [0.05, 0.1) is 4.91 Å². The van der Waals surface area contributed by atoms with E-state index in [0.29, 0.717) is 14.8 Å². The van der Waals surface area contributed by atoms with Gasteiger partial charge in [-0.25, -0.2) is 0 Å². The van der Waals surface area contributed by atoms with Crippen LogP contribution in [0, 0.1) is 0 Å². The first-order chi connectivity index (χ1) is 10.2. The van der Waals surface area contributed by atoms with E-state index in [1.54, 1.807) is 25.3 Å². The third-order valence-corrected chi connectivity index (χ3v) is 4.43. The van der Waals surface area contributed by atoms with Crippen molar-refractivity contribution in [3.63, 3.8) is 0 Å². The van der Waals surface area contributed by atoms with Crippen molar-refractivity contribution in [1.29, 1.82) is 0 Å². The molecule has 1 aliphatic rings. The first kappa shape index (κ1) is 16.7. The lowest BCUT2D eigenvalue weighted by Crippen LogP contribution is -2.40. The Morgan fingerprint density at radius 2 is 1.86 bits per heavy atom. The Labute approximate surface area is 140 Å². The molecule has 2 rings (SSSR count). The number of thioether (sulfide) groups is 1. The Balaban J connectivity index is 2.15. The van der Waals surface area contributed by atoms with Crippen LogP contribution < -0.4 is 5.32 Å². The molecule has 0 atom stereocenters. The highest BCUT2D eigenvalue weighted by molar-refractivity contribution is 8.26. The van der Waals surface area contributed by atoms with Gasteiger partial charge in [-0.3, -0.25) is 14.5 Å². The van der Waals surface area contributed by atoms with Crippen LogP contribution in [0.15, 0.2) is 29.2 Å². The van der Waals surface area contributed by atoms with Gasteiger partial charge in [0.2, 0.25) is 0 Å². The fourth-order valence-electron chi connectivity index (χ4n) is 1.84. The average molecular weight is 334 g/mol. The topological polar surface area (TPSA) is 49.4 Å². The maximum absolute atomic E-state index is 12.0. The fraction of sp³-hybridized carbons (Fsp3) is 0.312. The summed E-state index contributed by atoms with van der Waals surface area (Å²) in [7, 11) is 1.67. The molecule has 116 valence electrons. The third kappa shape index (κ3) is 3.96. The molecule has 1 heterocycles. The van der Waals surface area contributed by atoms with Crippen LogP contribution in [0.4, 0.5) is 0 Å². The minimum atomic E-state index is -0.273. The molecule has 0 spiro atoms. The van der Waals surface area contributed by atoms with Crippen LogP contribution in [0.1, 0.15) is 36.7 Å². The van der Waals surface area contributed by atoms with E-state index in [0.717, 1.165) is 5.56 Å². The Hall–Kier alpha value is -1.66. The van der Waals surface area contributed by atoms with E-state index in [1.807, 2.05) is 32.9 Å². The molecule has 0 aromatic heterocycles. The number of amides is 2. The van der Waals surface area contributed by atoms with E-state index < -0.39 is 0 Å². The van der Waals surface area contributed by atoms with E-state index in [2.05, 4.69) is 5.32 Å². The summed E-state index contributed by atoms with van der Waals surface area (Å²) >= 11 is 6.38. The zero-order valence-corrected chi connectivity index (χ0v) is 14.6. The molecule has 22 heavy (non-hydrogen) atoms. The number of carbonyl (C=O) groups is 2. The van der Waals surface area contributed by atoms with E-state index >= 15 is 0 Å². The van der Waals surface area contributed by atoms with Gasteiger partial charge in [0.1, 0.15) is 4.32 Å². The smallest absolute Gasteiger partial charge is 0.265 e. The highest BCUT2D eigenvalue weighted by atomic mass is 32.2. The Kier molecular flexibility index (Phi) is 4.72. The first-order valence-corrected chi connectivity index (χ1v) is 8.04. The summed E-state index contributed by atoms with van der Waals surface area (Å²) in [6, 6.07) is 7.14. The van der Waals surface area contributed by atoms with Crippen LogP contribution in [0.5, 0.6) is 0 Å². The molecule has 4 nitrogen and oxygen atoms in total. The van der Waals surface area contributed by atoms with Crippen molar-refractivity contribution < 1.29 is 9.59 Å². The maximum atomic E-state index is 12.0. The van der Waals surface area contributed by atoms with Gasteiger partial charge in [0.25, 0.3) is 11.8 Å². The molecule has 1 fully saturated rings. The molecule has 6 heteroatoms. The number of thiocarbonyl (C=S) groups is 1. The number of hydrogen-bond donors (Lipinski definition) is 1. The zero-order chi connectivity index (χ0) is 16.5. The summed E-state index contributed by atoms with van der Waals surface area (Å²) in [5.41, 5.74) is 1.18. The SMILES string of the molecule is CN1C(=O)/C(=C/c2ccc(C(=O)NC(C)(C)C)cc2)SC1=S. The molecule has 1 aromatic rings. The van der Waals surface area contributed by atoms with Crippen LogP contribution in [-0.4, -0.2) is 33.6 Å². The van der Waals surface area contributed by atoms with Gasteiger partial charge in [0, 0.05) is 18.2 Å². The molecule has 0 unspecified atom stereocenters. The Morgan fingerprint density at radius 1 is 1.27 bits per heavy atom.